The monoisotopic (exact) mass is 389 g/mol. The second kappa shape index (κ2) is 9.08. The van der Waals surface area contributed by atoms with Crippen molar-refractivity contribution in [2.24, 2.45) is 14.1 Å². The summed E-state index contributed by atoms with van der Waals surface area (Å²) in [5, 5.41) is 3.01. The summed E-state index contributed by atoms with van der Waals surface area (Å²) in [4.78, 5) is 35.8. The molecule has 0 radical (unpaired) electrons. The van der Waals surface area contributed by atoms with E-state index in [0.717, 1.165) is 33.6 Å². The van der Waals surface area contributed by atoms with Gasteiger partial charge in [-0.2, -0.15) is 11.8 Å². The van der Waals surface area contributed by atoms with Crippen LogP contribution >= 0.6 is 11.8 Å². The second-order valence-electron chi connectivity index (χ2n) is 6.85. The molecule has 1 aromatic heterocycles. The van der Waals surface area contributed by atoms with Crippen LogP contribution in [0.15, 0.2) is 27.8 Å². The van der Waals surface area contributed by atoms with Crippen LogP contribution in [0.4, 0.5) is 5.69 Å². The quantitative estimate of drug-likeness (QED) is 0.739. The fourth-order valence-electron chi connectivity index (χ4n) is 3.01. The second-order valence-corrected chi connectivity index (χ2v) is 7.96. The molecule has 2 rings (SSSR count). The summed E-state index contributed by atoms with van der Waals surface area (Å²) in [7, 11) is 3.13. The van der Waals surface area contributed by atoms with Crippen LogP contribution in [0.5, 0.6) is 0 Å². The normalized spacial score (nSPS) is 10.9. The highest BCUT2D eigenvalue weighted by Crippen LogP contribution is 2.22. The molecule has 0 spiro atoms. The predicted molar refractivity (Wildman–Crippen MR) is 112 cm³/mol. The largest absolute Gasteiger partial charge is 0.330 e. The summed E-state index contributed by atoms with van der Waals surface area (Å²) in [6.07, 6.45) is 1.18. The third kappa shape index (κ3) is 5.35. The SMILES string of the molecule is Cc1cc(C)c(NC(=O)CCCSCc2cc(=O)n(C)c(=O)n2C)c(C)c1. The number of hydrogen-bond acceptors (Lipinski definition) is 4. The maximum Gasteiger partial charge on any atom is 0.330 e. The molecule has 6 nitrogen and oxygen atoms in total. The van der Waals surface area contributed by atoms with Gasteiger partial charge in [-0.3, -0.25) is 18.7 Å². The van der Waals surface area contributed by atoms with E-state index in [-0.39, 0.29) is 17.2 Å². The number of anilines is 1. The van der Waals surface area contributed by atoms with Crippen molar-refractivity contribution in [1.29, 1.82) is 0 Å². The average Bonchev–Trinajstić information content (AvgIpc) is 2.60. The van der Waals surface area contributed by atoms with E-state index in [0.29, 0.717) is 17.9 Å². The number of hydrogen-bond donors (Lipinski definition) is 1. The van der Waals surface area contributed by atoms with Gasteiger partial charge in [0, 0.05) is 43.7 Å². The van der Waals surface area contributed by atoms with Crippen molar-refractivity contribution in [3.63, 3.8) is 0 Å². The fraction of sp³-hybridized carbons (Fsp3) is 0.450. The van der Waals surface area contributed by atoms with Crippen LogP contribution < -0.4 is 16.6 Å². The number of amides is 1. The molecule has 0 fully saturated rings. The van der Waals surface area contributed by atoms with Gasteiger partial charge in [0.2, 0.25) is 5.91 Å². The third-order valence-corrected chi connectivity index (χ3v) is 5.59. The van der Waals surface area contributed by atoms with Gasteiger partial charge in [-0.15, -0.1) is 0 Å². The molecule has 2 aromatic rings. The highest BCUT2D eigenvalue weighted by molar-refractivity contribution is 7.98. The van der Waals surface area contributed by atoms with E-state index in [4.69, 9.17) is 0 Å². The number of rotatable bonds is 7. The molecular formula is C20H27N3O3S. The zero-order valence-corrected chi connectivity index (χ0v) is 17.4. The molecule has 27 heavy (non-hydrogen) atoms. The van der Waals surface area contributed by atoms with E-state index >= 15 is 0 Å². The molecule has 146 valence electrons. The van der Waals surface area contributed by atoms with Gasteiger partial charge in [0.05, 0.1) is 0 Å². The number of aromatic nitrogens is 2. The standard InChI is InChI=1S/C20H27N3O3S/c1-13-9-14(2)19(15(3)10-13)21-17(24)7-6-8-27-12-16-11-18(25)23(5)20(26)22(16)4/h9-11H,6-8,12H2,1-5H3,(H,21,24). The maximum atomic E-state index is 12.2. The molecule has 0 unspecified atom stereocenters. The van der Waals surface area contributed by atoms with E-state index in [1.165, 1.54) is 23.2 Å². The molecule has 0 atom stereocenters. The summed E-state index contributed by atoms with van der Waals surface area (Å²) in [6.45, 7) is 6.04. The molecule has 0 aliphatic heterocycles. The Labute approximate surface area is 163 Å². The van der Waals surface area contributed by atoms with E-state index in [9.17, 15) is 14.4 Å². The Balaban J connectivity index is 1.82. The smallest absolute Gasteiger partial charge is 0.326 e. The van der Waals surface area contributed by atoms with Gasteiger partial charge in [0.1, 0.15) is 0 Å². The van der Waals surface area contributed by atoms with Gasteiger partial charge in [-0.1, -0.05) is 17.7 Å². The highest BCUT2D eigenvalue weighted by atomic mass is 32.2. The zero-order valence-electron chi connectivity index (χ0n) is 16.6. The zero-order chi connectivity index (χ0) is 20.1. The molecule has 1 aromatic carbocycles. The molecule has 1 amide bonds. The molecule has 7 heteroatoms. The van der Waals surface area contributed by atoms with E-state index in [1.54, 1.807) is 18.8 Å². The van der Waals surface area contributed by atoms with Crippen LogP contribution in [-0.4, -0.2) is 20.8 Å². The molecule has 0 saturated carbocycles. The van der Waals surface area contributed by atoms with Crippen molar-refractivity contribution in [1.82, 2.24) is 9.13 Å². The van der Waals surface area contributed by atoms with Crippen molar-refractivity contribution in [3.05, 3.63) is 61.4 Å². The first-order valence-corrected chi connectivity index (χ1v) is 10.1. The first-order chi connectivity index (χ1) is 12.7. The summed E-state index contributed by atoms with van der Waals surface area (Å²) in [5.41, 5.74) is 4.31. The van der Waals surface area contributed by atoms with Crippen molar-refractivity contribution in [3.8, 4) is 0 Å². The number of aryl methyl sites for hydroxylation is 3. The molecule has 0 saturated heterocycles. The molecule has 1 N–H and O–H groups in total. The van der Waals surface area contributed by atoms with E-state index in [1.807, 2.05) is 20.8 Å². The van der Waals surface area contributed by atoms with Crippen LogP contribution in [0, 0.1) is 20.8 Å². The van der Waals surface area contributed by atoms with Gasteiger partial charge in [0.15, 0.2) is 0 Å². The van der Waals surface area contributed by atoms with Gasteiger partial charge >= 0.3 is 5.69 Å². The Hall–Kier alpha value is -2.28. The number of thioether (sulfide) groups is 1. The number of carbonyl (C=O) groups is 1. The van der Waals surface area contributed by atoms with Gasteiger partial charge in [0.25, 0.3) is 5.56 Å². The minimum Gasteiger partial charge on any atom is -0.326 e. The number of carbonyl (C=O) groups excluding carboxylic acids is 1. The van der Waals surface area contributed by atoms with E-state index in [2.05, 4.69) is 17.4 Å². The van der Waals surface area contributed by atoms with Gasteiger partial charge in [-0.05, 0) is 44.1 Å². The molecule has 0 aliphatic carbocycles. The lowest BCUT2D eigenvalue weighted by Gasteiger charge is -2.13. The van der Waals surface area contributed by atoms with Crippen LogP contribution in [0.2, 0.25) is 0 Å². The fourth-order valence-corrected chi connectivity index (χ4v) is 3.99. The van der Waals surface area contributed by atoms with Crippen molar-refractivity contribution in [2.75, 3.05) is 11.1 Å². The Morgan fingerprint density at radius 2 is 1.67 bits per heavy atom. The number of nitrogens with zero attached hydrogens (tertiary/aromatic N) is 2. The first-order valence-electron chi connectivity index (χ1n) is 8.92. The summed E-state index contributed by atoms with van der Waals surface area (Å²) >= 11 is 1.61. The Morgan fingerprint density at radius 3 is 2.30 bits per heavy atom. The molecule has 1 heterocycles. The predicted octanol–water partition coefficient (Wildman–Crippen LogP) is 2.66. The topological polar surface area (TPSA) is 73.1 Å². The van der Waals surface area contributed by atoms with Crippen LogP contribution in [-0.2, 0) is 24.6 Å². The van der Waals surface area contributed by atoms with E-state index < -0.39 is 0 Å². The molecule has 0 aliphatic rings. The van der Waals surface area contributed by atoms with Crippen LogP contribution in [0.3, 0.4) is 0 Å². The number of nitrogens with one attached hydrogen (secondary N) is 1. The highest BCUT2D eigenvalue weighted by Gasteiger charge is 2.09. The third-order valence-electron chi connectivity index (χ3n) is 4.51. The van der Waals surface area contributed by atoms with Gasteiger partial charge in [-0.25, -0.2) is 4.79 Å². The van der Waals surface area contributed by atoms with Crippen molar-refractivity contribution >= 4 is 23.4 Å². The molecule has 0 bridgehead atoms. The number of benzene rings is 1. The lowest BCUT2D eigenvalue weighted by Crippen LogP contribution is -2.37. The summed E-state index contributed by atoms with van der Waals surface area (Å²) in [6, 6.07) is 5.61. The summed E-state index contributed by atoms with van der Waals surface area (Å²) < 4.78 is 2.58. The Kier molecular flexibility index (Phi) is 7.07. The Morgan fingerprint density at radius 1 is 1.04 bits per heavy atom. The average molecular weight is 390 g/mol. The van der Waals surface area contributed by atoms with Crippen LogP contribution in [0.25, 0.3) is 0 Å². The Bertz CT molecular complexity index is 937. The summed E-state index contributed by atoms with van der Waals surface area (Å²) in [5.74, 6) is 1.36. The van der Waals surface area contributed by atoms with Gasteiger partial charge < -0.3 is 5.32 Å². The lowest BCUT2D eigenvalue weighted by atomic mass is 10.0. The lowest BCUT2D eigenvalue weighted by molar-refractivity contribution is -0.116. The minimum atomic E-state index is -0.318. The van der Waals surface area contributed by atoms with Crippen molar-refractivity contribution < 1.29 is 4.79 Å². The first kappa shape index (κ1) is 21.0. The molecular weight excluding hydrogens is 362 g/mol. The minimum absolute atomic E-state index is 0.00614. The van der Waals surface area contributed by atoms with Crippen molar-refractivity contribution in [2.45, 2.75) is 39.4 Å². The maximum absolute atomic E-state index is 12.2. The van der Waals surface area contributed by atoms with Crippen LogP contribution in [0.1, 0.15) is 35.2 Å².